The highest BCUT2D eigenvalue weighted by molar-refractivity contribution is 9.10. The summed E-state index contributed by atoms with van der Waals surface area (Å²) in [6, 6.07) is 13.1. The summed E-state index contributed by atoms with van der Waals surface area (Å²) >= 11 is 10.3. The molecule has 0 unspecified atom stereocenters. The zero-order chi connectivity index (χ0) is 20.1. The van der Waals surface area contributed by atoms with Gasteiger partial charge in [-0.15, -0.1) is 0 Å². The van der Waals surface area contributed by atoms with E-state index in [1.165, 1.54) is 11.8 Å². The number of carbonyl (C=O) groups is 1. The Morgan fingerprint density at radius 3 is 2.54 bits per heavy atom. The average Bonchev–Trinajstić information content (AvgIpc) is 2.95. The first-order chi connectivity index (χ1) is 13.5. The number of benzene rings is 2. The molecule has 0 spiro atoms. The minimum atomic E-state index is -0.124. The predicted octanol–water partition coefficient (Wildman–Crippen LogP) is 6.04. The van der Waals surface area contributed by atoms with Gasteiger partial charge in [0.05, 0.1) is 28.3 Å². The Hall–Kier alpha value is -1.83. The van der Waals surface area contributed by atoms with Gasteiger partial charge in [0.25, 0.3) is 5.91 Å². The molecule has 4 nitrogen and oxygen atoms in total. The molecule has 3 rings (SSSR count). The summed E-state index contributed by atoms with van der Waals surface area (Å²) in [6.07, 6.45) is 2.80. The summed E-state index contributed by atoms with van der Waals surface area (Å²) in [6.45, 7) is 5.26. The van der Waals surface area contributed by atoms with E-state index in [2.05, 4.69) is 22.9 Å². The third-order valence-electron chi connectivity index (χ3n) is 3.92. The molecule has 1 amide bonds. The maximum atomic E-state index is 12.9. The number of amides is 1. The third-order valence-corrected chi connectivity index (χ3v) is 5.84. The number of thioether (sulfide) groups is 1. The fourth-order valence-electron chi connectivity index (χ4n) is 2.64. The fraction of sp³-hybridized carbons (Fsp3) is 0.238. The van der Waals surface area contributed by atoms with Gasteiger partial charge in [0.15, 0.2) is 4.32 Å². The van der Waals surface area contributed by atoms with Gasteiger partial charge in [-0.1, -0.05) is 37.0 Å². The van der Waals surface area contributed by atoms with Crippen molar-refractivity contribution in [3.63, 3.8) is 0 Å². The van der Waals surface area contributed by atoms with Gasteiger partial charge >= 0.3 is 0 Å². The first-order valence-electron chi connectivity index (χ1n) is 8.96. The summed E-state index contributed by atoms with van der Waals surface area (Å²) in [5, 5.41) is 0. The van der Waals surface area contributed by atoms with Crippen LogP contribution in [0.25, 0.3) is 6.08 Å². The molecule has 1 saturated heterocycles. The summed E-state index contributed by atoms with van der Waals surface area (Å²) in [5.41, 5.74) is 1.64. The second-order valence-corrected chi connectivity index (χ2v) is 8.51. The smallest absolute Gasteiger partial charge is 0.270 e. The lowest BCUT2D eigenvalue weighted by Gasteiger charge is -2.15. The molecule has 7 heteroatoms. The van der Waals surface area contributed by atoms with E-state index in [1.54, 1.807) is 4.90 Å². The highest BCUT2D eigenvalue weighted by Gasteiger charge is 2.33. The minimum absolute atomic E-state index is 0.124. The van der Waals surface area contributed by atoms with Crippen molar-refractivity contribution in [2.24, 2.45) is 0 Å². The monoisotopic (exact) mass is 477 g/mol. The Morgan fingerprint density at radius 2 is 1.89 bits per heavy atom. The second kappa shape index (κ2) is 9.58. The van der Waals surface area contributed by atoms with Gasteiger partial charge < -0.3 is 9.47 Å². The Bertz CT molecular complexity index is 912. The lowest BCUT2D eigenvalue weighted by Crippen LogP contribution is -2.27. The second-order valence-electron chi connectivity index (χ2n) is 5.98. The molecule has 0 atom stereocenters. The number of anilines is 1. The van der Waals surface area contributed by atoms with Gasteiger partial charge in [-0.25, -0.2) is 0 Å². The van der Waals surface area contributed by atoms with E-state index in [1.807, 2.05) is 55.5 Å². The van der Waals surface area contributed by atoms with E-state index in [0.29, 0.717) is 22.4 Å². The summed E-state index contributed by atoms with van der Waals surface area (Å²) in [5.74, 6) is 1.44. The number of hydrogen-bond donors (Lipinski definition) is 0. The van der Waals surface area contributed by atoms with Gasteiger partial charge in [0, 0.05) is 0 Å². The van der Waals surface area contributed by atoms with Crippen molar-refractivity contribution >= 4 is 61.9 Å². The SMILES string of the molecule is CCCOc1ccc(/C=C2\SC(=S)N(c3ccc(OCC)cc3)C2=O)cc1Br. The molecule has 0 aliphatic carbocycles. The topological polar surface area (TPSA) is 38.8 Å². The van der Waals surface area contributed by atoms with E-state index < -0.39 is 0 Å². The van der Waals surface area contributed by atoms with E-state index in [-0.39, 0.29) is 5.91 Å². The van der Waals surface area contributed by atoms with Crippen LogP contribution in [0.5, 0.6) is 11.5 Å². The molecule has 1 aliphatic rings. The highest BCUT2D eigenvalue weighted by Crippen LogP contribution is 2.37. The Kier molecular flexibility index (Phi) is 7.15. The maximum Gasteiger partial charge on any atom is 0.270 e. The Morgan fingerprint density at radius 1 is 1.14 bits per heavy atom. The first-order valence-corrected chi connectivity index (χ1v) is 11.0. The molecule has 0 aromatic heterocycles. The fourth-order valence-corrected chi connectivity index (χ4v) is 4.45. The van der Waals surface area contributed by atoms with Crippen molar-refractivity contribution in [3.8, 4) is 11.5 Å². The summed E-state index contributed by atoms with van der Waals surface area (Å²) in [7, 11) is 0. The standard InChI is InChI=1S/C21H20BrNO3S2/c1-3-11-26-18-10-5-14(12-17(18)22)13-19-20(24)23(21(27)28-19)15-6-8-16(9-7-15)25-4-2/h5-10,12-13H,3-4,11H2,1-2H3/b19-13-. The predicted molar refractivity (Wildman–Crippen MR) is 123 cm³/mol. The van der Waals surface area contributed by atoms with Crippen molar-refractivity contribution in [2.45, 2.75) is 20.3 Å². The molecular weight excluding hydrogens is 458 g/mol. The van der Waals surface area contributed by atoms with Crippen molar-refractivity contribution in [1.29, 1.82) is 0 Å². The van der Waals surface area contributed by atoms with Gasteiger partial charge in [0.1, 0.15) is 11.5 Å². The molecule has 1 fully saturated rings. The number of ether oxygens (including phenoxy) is 2. The number of halogens is 1. The van der Waals surface area contributed by atoms with Crippen LogP contribution in [-0.4, -0.2) is 23.4 Å². The van der Waals surface area contributed by atoms with Crippen LogP contribution < -0.4 is 14.4 Å². The average molecular weight is 478 g/mol. The van der Waals surface area contributed by atoms with Crippen LogP contribution >= 0.6 is 39.9 Å². The normalized spacial score (nSPS) is 15.4. The summed E-state index contributed by atoms with van der Waals surface area (Å²) in [4.78, 5) is 15.0. The van der Waals surface area contributed by atoms with Crippen LogP contribution in [0, 0.1) is 0 Å². The molecule has 2 aromatic carbocycles. The van der Waals surface area contributed by atoms with Crippen LogP contribution in [0.4, 0.5) is 5.69 Å². The van der Waals surface area contributed by atoms with Crippen LogP contribution in [-0.2, 0) is 4.79 Å². The molecule has 0 radical (unpaired) electrons. The molecule has 1 aliphatic heterocycles. The quantitative estimate of drug-likeness (QED) is 0.358. The summed E-state index contributed by atoms with van der Waals surface area (Å²) < 4.78 is 12.5. The number of rotatable bonds is 7. The van der Waals surface area contributed by atoms with E-state index in [4.69, 9.17) is 21.7 Å². The molecule has 146 valence electrons. The van der Waals surface area contributed by atoms with Crippen LogP contribution in [0.15, 0.2) is 51.8 Å². The van der Waals surface area contributed by atoms with Gasteiger partial charge in [-0.2, -0.15) is 0 Å². The maximum absolute atomic E-state index is 12.9. The lowest BCUT2D eigenvalue weighted by atomic mass is 10.2. The van der Waals surface area contributed by atoms with E-state index in [9.17, 15) is 4.79 Å². The number of hydrogen-bond acceptors (Lipinski definition) is 5. The Balaban J connectivity index is 1.80. The molecular formula is C21H20BrNO3S2. The van der Waals surface area contributed by atoms with Crippen molar-refractivity contribution in [3.05, 3.63) is 57.4 Å². The molecule has 0 N–H and O–H groups in total. The van der Waals surface area contributed by atoms with E-state index in [0.717, 1.165) is 33.6 Å². The lowest BCUT2D eigenvalue weighted by molar-refractivity contribution is -0.113. The third kappa shape index (κ3) is 4.77. The van der Waals surface area contributed by atoms with Gasteiger partial charge in [-0.3, -0.25) is 9.69 Å². The minimum Gasteiger partial charge on any atom is -0.494 e. The van der Waals surface area contributed by atoms with Crippen LogP contribution in [0.3, 0.4) is 0 Å². The number of nitrogens with zero attached hydrogens (tertiary/aromatic N) is 1. The van der Waals surface area contributed by atoms with Crippen LogP contribution in [0.1, 0.15) is 25.8 Å². The molecule has 1 heterocycles. The zero-order valence-corrected chi connectivity index (χ0v) is 18.8. The number of thiocarbonyl (C=S) groups is 1. The molecule has 2 aromatic rings. The van der Waals surface area contributed by atoms with Crippen molar-refractivity contribution in [1.82, 2.24) is 0 Å². The van der Waals surface area contributed by atoms with Gasteiger partial charge in [0.2, 0.25) is 0 Å². The van der Waals surface area contributed by atoms with Crippen LogP contribution in [0.2, 0.25) is 0 Å². The Labute approximate surface area is 183 Å². The van der Waals surface area contributed by atoms with Crippen molar-refractivity contribution in [2.75, 3.05) is 18.1 Å². The zero-order valence-electron chi connectivity index (χ0n) is 15.6. The van der Waals surface area contributed by atoms with E-state index >= 15 is 0 Å². The number of carbonyl (C=O) groups excluding carboxylic acids is 1. The first kappa shape index (κ1) is 20.9. The highest BCUT2D eigenvalue weighted by atomic mass is 79.9. The molecule has 0 bridgehead atoms. The molecule has 28 heavy (non-hydrogen) atoms. The van der Waals surface area contributed by atoms with Crippen molar-refractivity contribution < 1.29 is 14.3 Å². The van der Waals surface area contributed by atoms with Gasteiger partial charge in [-0.05, 0) is 77.3 Å². The molecule has 0 saturated carbocycles. The largest absolute Gasteiger partial charge is 0.494 e.